The second-order valence-corrected chi connectivity index (χ2v) is 1.68. The molecule has 1 aromatic heterocycles. The highest BCUT2D eigenvalue weighted by Gasteiger charge is 2.04. The zero-order valence-electron chi connectivity index (χ0n) is 7.02. The van der Waals surface area contributed by atoms with Crippen LogP contribution >= 0.6 is 0 Å². The van der Waals surface area contributed by atoms with Crippen LogP contribution in [0.3, 0.4) is 0 Å². The third-order valence-corrected chi connectivity index (χ3v) is 0.943. The van der Waals surface area contributed by atoms with E-state index in [2.05, 4.69) is 4.98 Å². The quantitative estimate of drug-likeness (QED) is 0.511. The summed E-state index contributed by atoms with van der Waals surface area (Å²) < 4.78 is 0. The summed E-state index contributed by atoms with van der Waals surface area (Å²) in [6.07, 6.45) is 0. The van der Waals surface area contributed by atoms with Crippen LogP contribution < -0.4 is 5.73 Å². The second kappa shape index (κ2) is 5.06. The summed E-state index contributed by atoms with van der Waals surface area (Å²) in [7, 11) is 0. The summed E-state index contributed by atoms with van der Waals surface area (Å²) in [6.45, 7) is 4.00. The van der Waals surface area contributed by atoms with Gasteiger partial charge in [-0.05, 0) is 16.0 Å². The molecule has 5 nitrogen and oxygen atoms in total. The van der Waals surface area contributed by atoms with Crippen LogP contribution in [0, 0.1) is 10.1 Å². The molecule has 5 heteroatoms. The van der Waals surface area contributed by atoms with E-state index in [1.165, 1.54) is 18.2 Å². The Morgan fingerprint density at radius 3 is 2.42 bits per heavy atom. The van der Waals surface area contributed by atoms with E-state index in [0.717, 1.165) is 0 Å². The topological polar surface area (TPSA) is 82.0 Å². The van der Waals surface area contributed by atoms with E-state index in [4.69, 9.17) is 5.73 Å². The lowest BCUT2D eigenvalue weighted by Crippen LogP contribution is -1.95. The van der Waals surface area contributed by atoms with Crippen LogP contribution in [0.1, 0.15) is 13.8 Å². The van der Waals surface area contributed by atoms with Crippen molar-refractivity contribution in [1.82, 2.24) is 4.98 Å². The molecule has 0 amide bonds. The third kappa shape index (κ3) is 2.96. The van der Waals surface area contributed by atoms with Crippen molar-refractivity contribution in [3.05, 3.63) is 28.3 Å². The number of nitrogens with two attached hydrogens (primary N) is 1. The van der Waals surface area contributed by atoms with Crippen molar-refractivity contribution in [2.45, 2.75) is 13.8 Å². The number of pyridine rings is 1. The summed E-state index contributed by atoms with van der Waals surface area (Å²) in [5.41, 5.74) is 5.18. The molecule has 1 rings (SSSR count). The summed E-state index contributed by atoms with van der Waals surface area (Å²) >= 11 is 0. The smallest absolute Gasteiger partial charge is 0.363 e. The fraction of sp³-hybridized carbons (Fsp3) is 0.286. The Labute approximate surface area is 70.4 Å². The number of rotatable bonds is 1. The lowest BCUT2D eigenvalue weighted by atomic mass is 10.4. The second-order valence-electron chi connectivity index (χ2n) is 1.68. The Hall–Kier alpha value is -1.65. The van der Waals surface area contributed by atoms with Crippen molar-refractivity contribution in [2.75, 3.05) is 5.73 Å². The molecule has 0 radical (unpaired) electrons. The van der Waals surface area contributed by atoms with Crippen molar-refractivity contribution >= 4 is 11.6 Å². The molecule has 2 N–H and O–H groups in total. The molecule has 1 aromatic rings. The molecule has 1 heterocycles. The van der Waals surface area contributed by atoms with Gasteiger partial charge in [0.15, 0.2) is 0 Å². The van der Waals surface area contributed by atoms with Gasteiger partial charge in [-0.15, -0.1) is 0 Å². The lowest BCUT2D eigenvalue weighted by molar-refractivity contribution is -0.389. The average Bonchev–Trinajstić information content (AvgIpc) is 2.08. The van der Waals surface area contributed by atoms with Crippen LogP contribution in [-0.2, 0) is 0 Å². The van der Waals surface area contributed by atoms with Gasteiger partial charge in [-0.1, -0.05) is 13.8 Å². The Bertz CT molecular complexity index is 263. The van der Waals surface area contributed by atoms with Gasteiger partial charge in [0.05, 0.1) is 0 Å². The molecule has 66 valence electrons. The molecule has 0 fully saturated rings. The molecule has 0 unspecified atom stereocenters. The minimum Gasteiger partial charge on any atom is -0.363 e. The molecule has 0 aliphatic carbocycles. The number of hydrogen-bond donors (Lipinski definition) is 1. The SMILES string of the molecule is CC.Nc1cccc([N+](=O)[O-])n1. The summed E-state index contributed by atoms with van der Waals surface area (Å²) in [5.74, 6) is -0.0609. The van der Waals surface area contributed by atoms with Gasteiger partial charge in [0.25, 0.3) is 0 Å². The molecule has 0 aromatic carbocycles. The van der Waals surface area contributed by atoms with Gasteiger partial charge in [0.1, 0.15) is 0 Å². The largest absolute Gasteiger partial charge is 0.365 e. The highest BCUT2D eigenvalue weighted by atomic mass is 16.6. The Morgan fingerprint density at radius 1 is 1.50 bits per heavy atom. The fourth-order valence-corrected chi connectivity index (χ4v) is 0.541. The Morgan fingerprint density at radius 2 is 2.08 bits per heavy atom. The summed E-state index contributed by atoms with van der Waals surface area (Å²) in [5, 5.41) is 10.0. The summed E-state index contributed by atoms with van der Waals surface area (Å²) in [6, 6.07) is 4.27. The van der Waals surface area contributed by atoms with Crippen molar-refractivity contribution in [2.24, 2.45) is 0 Å². The van der Waals surface area contributed by atoms with Gasteiger partial charge in [0, 0.05) is 12.1 Å². The highest BCUT2D eigenvalue weighted by Crippen LogP contribution is 2.07. The monoisotopic (exact) mass is 169 g/mol. The fourth-order valence-electron chi connectivity index (χ4n) is 0.541. The van der Waals surface area contributed by atoms with Gasteiger partial charge in [0.2, 0.25) is 5.82 Å². The minimum absolute atomic E-state index is 0.161. The maximum atomic E-state index is 10.0. The van der Waals surface area contributed by atoms with E-state index in [-0.39, 0.29) is 11.6 Å². The molecule has 0 saturated carbocycles. The zero-order valence-corrected chi connectivity index (χ0v) is 7.02. The first kappa shape index (κ1) is 10.3. The van der Waals surface area contributed by atoms with E-state index in [1.54, 1.807) is 0 Å². The molecule has 0 aliphatic rings. The third-order valence-electron chi connectivity index (χ3n) is 0.943. The summed E-state index contributed by atoms with van der Waals surface area (Å²) in [4.78, 5) is 12.9. The number of nitrogen functional groups attached to an aromatic ring is 1. The minimum atomic E-state index is -0.587. The predicted molar refractivity (Wildman–Crippen MR) is 46.7 cm³/mol. The maximum absolute atomic E-state index is 10.0. The maximum Gasteiger partial charge on any atom is 0.365 e. The standard InChI is InChI=1S/C5H5N3O2.C2H6/c6-4-2-1-3-5(7-4)8(9)10;1-2/h1-3H,(H2,6,7);1-2H3. The van der Waals surface area contributed by atoms with Crippen LogP contribution in [0.4, 0.5) is 11.6 Å². The average molecular weight is 169 g/mol. The lowest BCUT2D eigenvalue weighted by Gasteiger charge is -1.89. The van der Waals surface area contributed by atoms with E-state index in [1.807, 2.05) is 13.8 Å². The van der Waals surface area contributed by atoms with E-state index in [9.17, 15) is 10.1 Å². The number of nitro groups is 1. The van der Waals surface area contributed by atoms with Crippen LogP contribution in [0.2, 0.25) is 0 Å². The normalized spacial score (nSPS) is 8.17. The van der Waals surface area contributed by atoms with Crippen LogP contribution in [0.25, 0.3) is 0 Å². The number of hydrogen-bond acceptors (Lipinski definition) is 4. The Balaban J connectivity index is 0.000000561. The number of anilines is 1. The van der Waals surface area contributed by atoms with Crippen molar-refractivity contribution in [3.63, 3.8) is 0 Å². The first-order chi connectivity index (χ1) is 5.70. The highest BCUT2D eigenvalue weighted by molar-refractivity contribution is 5.33. The first-order valence-electron chi connectivity index (χ1n) is 3.57. The van der Waals surface area contributed by atoms with Gasteiger partial charge in [-0.2, -0.15) is 0 Å². The molecular formula is C7H11N3O2. The van der Waals surface area contributed by atoms with Crippen LogP contribution in [0.5, 0.6) is 0 Å². The number of aromatic nitrogens is 1. The first-order valence-corrected chi connectivity index (χ1v) is 3.57. The van der Waals surface area contributed by atoms with E-state index in [0.29, 0.717) is 0 Å². The van der Waals surface area contributed by atoms with Crippen LogP contribution in [-0.4, -0.2) is 9.91 Å². The van der Waals surface area contributed by atoms with Crippen molar-refractivity contribution < 1.29 is 4.92 Å². The molecule has 0 spiro atoms. The molecular weight excluding hydrogens is 158 g/mol. The predicted octanol–water partition coefficient (Wildman–Crippen LogP) is 1.60. The van der Waals surface area contributed by atoms with Crippen molar-refractivity contribution in [1.29, 1.82) is 0 Å². The van der Waals surface area contributed by atoms with Gasteiger partial charge in [-0.3, -0.25) is 0 Å². The molecule has 12 heavy (non-hydrogen) atoms. The molecule has 0 atom stereocenters. The molecule has 0 aliphatic heterocycles. The van der Waals surface area contributed by atoms with Gasteiger partial charge in [-0.25, -0.2) is 0 Å². The number of nitrogens with zero attached hydrogens (tertiary/aromatic N) is 2. The van der Waals surface area contributed by atoms with Gasteiger partial charge >= 0.3 is 5.82 Å². The molecule has 0 bridgehead atoms. The van der Waals surface area contributed by atoms with E-state index >= 15 is 0 Å². The molecule has 0 saturated heterocycles. The zero-order chi connectivity index (χ0) is 9.56. The van der Waals surface area contributed by atoms with Crippen molar-refractivity contribution in [3.8, 4) is 0 Å². The van der Waals surface area contributed by atoms with Gasteiger partial charge < -0.3 is 15.8 Å². The Kier molecular flexibility index (Phi) is 4.36. The van der Waals surface area contributed by atoms with Crippen LogP contribution in [0.15, 0.2) is 18.2 Å². The van der Waals surface area contributed by atoms with E-state index < -0.39 is 4.92 Å².